The second kappa shape index (κ2) is 9.63. The fourth-order valence-electron chi connectivity index (χ4n) is 3.05. The van der Waals surface area contributed by atoms with E-state index in [0.29, 0.717) is 36.1 Å². The number of aromatic nitrogens is 2. The number of nitrogens with zero attached hydrogens (tertiary/aromatic N) is 3. The number of carbonyl (C=O) groups excluding carboxylic acids is 1. The van der Waals surface area contributed by atoms with Crippen LogP contribution in [0.5, 0.6) is 11.5 Å². The van der Waals surface area contributed by atoms with E-state index < -0.39 is 0 Å². The normalized spacial score (nSPS) is 13.1. The van der Waals surface area contributed by atoms with Crippen molar-refractivity contribution in [3.05, 3.63) is 30.5 Å². The van der Waals surface area contributed by atoms with E-state index in [9.17, 15) is 4.79 Å². The van der Waals surface area contributed by atoms with Gasteiger partial charge in [0.1, 0.15) is 0 Å². The van der Waals surface area contributed by atoms with Gasteiger partial charge in [0.25, 0.3) is 0 Å². The molecule has 0 atom stereocenters. The molecule has 0 unspecified atom stereocenters. The Morgan fingerprint density at radius 3 is 2.64 bits per heavy atom. The van der Waals surface area contributed by atoms with Crippen LogP contribution in [0.2, 0.25) is 0 Å². The number of anilines is 3. The summed E-state index contributed by atoms with van der Waals surface area (Å²) in [6.45, 7) is 3.10. The number of rotatable bonds is 8. The summed E-state index contributed by atoms with van der Waals surface area (Å²) >= 11 is 0. The average Bonchev–Trinajstić information content (AvgIpc) is 3.26. The molecule has 0 radical (unpaired) electrons. The van der Waals surface area contributed by atoms with Gasteiger partial charge in [-0.2, -0.15) is 5.10 Å². The molecule has 2 amide bonds. The summed E-state index contributed by atoms with van der Waals surface area (Å²) in [5, 5.41) is 16.9. The van der Waals surface area contributed by atoms with Gasteiger partial charge in [-0.1, -0.05) is 0 Å². The molecule has 9 nitrogen and oxygen atoms in total. The molecule has 1 aliphatic heterocycles. The highest BCUT2D eigenvalue weighted by molar-refractivity contribution is 5.89. The number of amides is 2. The van der Waals surface area contributed by atoms with Crippen LogP contribution < -0.4 is 30.3 Å². The number of hydrogen-bond acceptors (Lipinski definition) is 7. The monoisotopic (exact) mass is 386 g/mol. The molecular formula is C19H26N6O3. The first-order valence-corrected chi connectivity index (χ1v) is 9.28. The summed E-state index contributed by atoms with van der Waals surface area (Å²) in [7, 11) is 3.12. The zero-order chi connectivity index (χ0) is 19.8. The molecule has 28 heavy (non-hydrogen) atoms. The van der Waals surface area contributed by atoms with Gasteiger partial charge < -0.3 is 30.3 Å². The summed E-state index contributed by atoms with van der Waals surface area (Å²) in [6, 6.07) is 6.88. The summed E-state index contributed by atoms with van der Waals surface area (Å²) in [4.78, 5) is 14.3. The van der Waals surface area contributed by atoms with Crippen LogP contribution in [-0.4, -0.2) is 56.6 Å². The molecule has 0 saturated carbocycles. The molecule has 2 heterocycles. The third-order valence-electron chi connectivity index (χ3n) is 4.47. The molecule has 1 aromatic carbocycles. The van der Waals surface area contributed by atoms with Crippen LogP contribution in [0.25, 0.3) is 0 Å². The second-order valence-electron chi connectivity index (χ2n) is 6.37. The molecule has 150 valence electrons. The Labute approximate surface area is 164 Å². The zero-order valence-corrected chi connectivity index (χ0v) is 16.2. The predicted molar refractivity (Wildman–Crippen MR) is 109 cm³/mol. The summed E-state index contributed by atoms with van der Waals surface area (Å²) < 4.78 is 10.4. The first-order chi connectivity index (χ1) is 13.7. The van der Waals surface area contributed by atoms with Crippen molar-refractivity contribution >= 4 is 23.2 Å². The zero-order valence-electron chi connectivity index (χ0n) is 16.2. The Hall–Kier alpha value is -3.23. The van der Waals surface area contributed by atoms with E-state index in [1.54, 1.807) is 38.6 Å². The number of urea groups is 1. The molecule has 1 aliphatic rings. The molecule has 0 bridgehead atoms. The van der Waals surface area contributed by atoms with Crippen LogP contribution in [0, 0.1) is 0 Å². The van der Waals surface area contributed by atoms with Crippen molar-refractivity contribution in [3.8, 4) is 11.5 Å². The van der Waals surface area contributed by atoms with Crippen molar-refractivity contribution in [2.45, 2.75) is 12.8 Å². The van der Waals surface area contributed by atoms with Crippen LogP contribution in [0.4, 0.5) is 22.0 Å². The minimum Gasteiger partial charge on any atom is -0.493 e. The molecule has 1 aromatic heterocycles. The van der Waals surface area contributed by atoms with Gasteiger partial charge in [0.15, 0.2) is 17.3 Å². The molecule has 1 saturated heterocycles. The second-order valence-corrected chi connectivity index (χ2v) is 6.37. The number of ether oxygens (including phenoxy) is 2. The summed E-state index contributed by atoms with van der Waals surface area (Å²) in [5.74, 6) is 1.86. The predicted octanol–water partition coefficient (Wildman–Crippen LogP) is 2.33. The van der Waals surface area contributed by atoms with E-state index in [0.717, 1.165) is 18.8 Å². The van der Waals surface area contributed by atoms with E-state index in [-0.39, 0.29) is 6.03 Å². The molecule has 3 rings (SSSR count). The van der Waals surface area contributed by atoms with Crippen LogP contribution >= 0.6 is 0 Å². The third-order valence-corrected chi connectivity index (χ3v) is 4.47. The van der Waals surface area contributed by atoms with Gasteiger partial charge in [-0.05, 0) is 25.0 Å². The van der Waals surface area contributed by atoms with Crippen LogP contribution in [0.3, 0.4) is 0 Å². The third kappa shape index (κ3) is 5.15. The Morgan fingerprint density at radius 2 is 1.89 bits per heavy atom. The van der Waals surface area contributed by atoms with Gasteiger partial charge in [-0.15, -0.1) is 5.10 Å². The maximum Gasteiger partial charge on any atom is 0.319 e. The van der Waals surface area contributed by atoms with Gasteiger partial charge in [0, 0.05) is 44.0 Å². The van der Waals surface area contributed by atoms with Crippen LogP contribution in [0.1, 0.15) is 12.8 Å². The lowest BCUT2D eigenvalue weighted by molar-refractivity contribution is 0.252. The number of benzene rings is 1. The number of methoxy groups -OCH3 is 2. The Morgan fingerprint density at radius 1 is 1.11 bits per heavy atom. The highest BCUT2D eigenvalue weighted by atomic mass is 16.5. The number of hydrogen-bond donors (Lipinski definition) is 3. The minimum absolute atomic E-state index is 0.300. The smallest absolute Gasteiger partial charge is 0.319 e. The first-order valence-electron chi connectivity index (χ1n) is 9.28. The highest BCUT2D eigenvalue weighted by Gasteiger charge is 2.13. The Kier molecular flexibility index (Phi) is 6.72. The quantitative estimate of drug-likeness (QED) is 0.599. The molecular weight excluding hydrogens is 360 g/mol. The fraction of sp³-hybridized carbons (Fsp3) is 0.421. The summed E-state index contributed by atoms with van der Waals surface area (Å²) in [5.41, 5.74) is 1.70. The number of carbonyl (C=O) groups is 1. The SMILES string of the molecule is COc1ccc(NC(=O)NCCNc2cc(N3CCCC3)cnn2)cc1OC. The average molecular weight is 386 g/mol. The lowest BCUT2D eigenvalue weighted by Gasteiger charge is -2.17. The van der Waals surface area contributed by atoms with Crippen molar-refractivity contribution in [3.63, 3.8) is 0 Å². The van der Waals surface area contributed by atoms with E-state index in [1.807, 2.05) is 6.07 Å². The van der Waals surface area contributed by atoms with Crippen LogP contribution in [-0.2, 0) is 0 Å². The molecule has 0 spiro atoms. The molecule has 2 aromatic rings. The standard InChI is InChI=1S/C19H26N6O3/c1-27-16-6-5-14(11-17(16)28-2)23-19(26)21-8-7-20-18-12-15(13-22-24-18)25-9-3-4-10-25/h5-6,11-13H,3-4,7-10H2,1-2H3,(H,20,24)(H2,21,23,26). The van der Waals surface area contributed by atoms with Gasteiger partial charge >= 0.3 is 6.03 Å². The first kappa shape index (κ1) is 19.5. The lowest BCUT2D eigenvalue weighted by atomic mass is 10.3. The maximum atomic E-state index is 12.0. The van der Waals surface area contributed by atoms with E-state index in [4.69, 9.17) is 9.47 Å². The van der Waals surface area contributed by atoms with Crippen molar-refractivity contribution < 1.29 is 14.3 Å². The highest BCUT2D eigenvalue weighted by Crippen LogP contribution is 2.29. The molecule has 1 fully saturated rings. The van der Waals surface area contributed by atoms with Crippen molar-refractivity contribution in [1.82, 2.24) is 15.5 Å². The minimum atomic E-state index is -0.300. The van der Waals surface area contributed by atoms with Crippen LogP contribution in [0.15, 0.2) is 30.5 Å². The van der Waals surface area contributed by atoms with Gasteiger partial charge in [0.2, 0.25) is 0 Å². The Balaban J connectivity index is 1.43. The maximum absolute atomic E-state index is 12.0. The molecule has 9 heteroatoms. The lowest BCUT2D eigenvalue weighted by Crippen LogP contribution is -2.32. The van der Waals surface area contributed by atoms with Crippen molar-refractivity contribution in [1.29, 1.82) is 0 Å². The van der Waals surface area contributed by atoms with Crippen molar-refractivity contribution in [2.24, 2.45) is 0 Å². The fourth-order valence-corrected chi connectivity index (χ4v) is 3.05. The van der Waals surface area contributed by atoms with Gasteiger partial charge in [-0.25, -0.2) is 4.79 Å². The topological polar surface area (TPSA) is 101 Å². The number of nitrogens with one attached hydrogen (secondary N) is 3. The Bertz CT molecular complexity index is 795. The largest absolute Gasteiger partial charge is 0.493 e. The molecule has 3 N–H and O–H groups in total. The van der Waals surface area contributed by atoms with E-state index >= 15 is 0 Å². The van der Waals surface area contributed by atoms with Gasteiger partial charge in [0.05, 0.1) is 26.1 Å². The summed E-state index contributed by atoms with van der Waals surface area (Å²) in [6.07, 6.45) is 4.21. The molecule has 0 aliphatic carbocycles. The van der Waals surface area contributed by atoms with Crippen molar-refractivity contribution in [2.75, 3.05) is 55.9 Å². The van der Waals surface area contributed by atoms with E-state index in [2.05, 4.69) is 31.0 Å². The van der Waals surface area contributed by atoms with E-state index in [1.165, 1.54) is 12.8 Å². The van der Waals surface area contributed by atoms with Gasteiger partial charge in [-0.3, -0.25) is 0 Å².